The Morgan fingerprint density at radius 3 is 1.97 bits per heavy atom. The number of hydrogen-bond donors (Lipinski definition) is 2. The zero-order valence-corrected chi connectivity index (χ0v) is 18.4. The Balaban J connectivity index is 1.73. The third-order valence-electron chi connectivity index (χ3n) is 4.97. The second-order valence-corrected chi connectivity index (χ2v) is 7.39. The molecule has 0 aliphatic carbocycles. The Morgan fingerprint density at radius 1 is 0.824 bits per heavy atom. The van der Waals surface area contributed by atoms with Crippen molar-refractivity contribution in [1.82, 2.24) is 5.32 Å². The van der Waals surface area contributed by atoms with E-state index in [-0.39, 0.29) is 13.0 Å². The number of nitrogens with one attached hydrogen (secondary N) is 1. The standard InChI is InChI=1S/C26H25N3O5/c27-22(30)16-17-29(21-14-8-3-9-15-21)23(31)18-34-26(33)24(19-10-4-1-5-11-19)28-25(32)20-12-6-2-7-13-20/h1-15,24H,16-18H2,(H2,27,30)(H,28,32). The van der Waals surface area contributed by atoms with E-state index in [9.17, 15) is 19.2 Å². The highest BCUT2D eigenvalue weighted by molar-refractivity contribution is 5.98. The van der Waals surface area contributed by atoms with Crippen molar-refractivity contribution >= 4 is 29.4 Å². The maximum absolute atomic E-state index is 13.0. The Hall–Kier alpha value is -4.46. The minimum atomic E-state index is -1.11. The topological polar surface area (TPSA) is 119 Å². The van der Waals surface area contributed by atoms with E-state index in [2.05, 4.69) is 5.32 Å². The molecule has 0 aliphatic heterocycles. The van der Waals surface area contributed by atoms with Crippen LogP contribution in [-0.2, 0) is 19.1 Å². The predicted octanol–water partition coefficient (Wildman–Crippen LogP) is 2.61. The van der Waals surface area contributed by atoms with Crippen molar-refractivity contribution in [3.8, 4) is 0 Å². The van der Waals surface area contributed by atoms with Crippen LogP contribution in [0.4, 0.5) is 5.69 Å². The molecule has 3 aromatic rings. The van der Waals surface area contributed by atoms with E-state index >= 15 is 0 Å². The van der Waals surface area contributed by atoms with Gasteiger partial charge in [-0.1, -0.05) is 66.7 Å². The highest BCUT2D eigenvalue weighted by Crippen LogP contribution is 2.17. The molecule has 0 bridgehead atoms. The molecule has 3 N–H and O–H groups in total. The van der Waals surface area contributed by atoms with Gasteiger partial charge in [-0.15, -0.1) is 0 Å². The predicted molar refractivity (Wildman–Crippen MR) is 127 cm³/mol. The van der Waals surface area contributed by atoms with Crippen LogP contribution in [0.5, 0.6) is 0 Å². The lowest BCUT2D eigenvalue weighted by Crippen LogP contribution is -2.39. The highest BCUT2D eigenvalue weighted by Gasteiger charge is 2.26. The first kappa shape index (κ1) is 24.2. The van der Waals surface area contributed by atoms with E-state index in [0.29, 0.717) is 16.8 Å². The molecule has 3 rings (SSSR count). The summed E-state index contributed by atoms with van der Waals surface area (Å²) in [5.41, 5.74) is 6.68. The summed E-state index contributed by atoms with van der Waals surface area (Å²) in [5.74, 6) is -2.32. The molecule has 3 amide bonds. The monoisotopic (exact) mass is 459 g/mol. The molecule has 0 spiro atoms. The fourth-order valence-corrected chi connectivity index (χ4v) is 3.25. The van der Waals surface area contributed by atoms with Crippen LogP contribution in [0.2, 0.25) is 0 Å². The molecule has 8 heteroatoms. The van der Waals surface area contributed by atoms with Gasteiger partial charge in [0.2, 0.25) is 5.91 Å². The van der Waals surface area contributed by atoms with E-state index in [4.69, 9.17) is 10.5 Å². The number of carbonyl (C=O) groups is 4. The van der Waals surface area contributed by atoms with E-state index in [0.717, 1.165) is 0 Å². The molecule has 0 radical (unpaired) electrons. The van der Waals surface area contributed by atoms with Crippen LogP contribution in [-0.4, -0.2) is 36.8 Å². The molecule has 0 saturated heterocycles. The molecular formula is C26H25N3O5. The molecule has 3 aromatic carbocycles. The number of anilines is 1. The van der Waals surface area contributed by atoms with Gasteiger partial charge in [0, 0.05) is 24.2 Å². The van der Waals surface area contributed by atoms with Crippen molar-refractivity contribution in [2.24, 2.45) is 5.73 Å². The van der Waals surface area contributed by atoms with Crippen LogP contribution in [0.25, 0.3) is 0 Å². The van der Waals surface area contributed by atoms with Gasteiger partial charge < -0.3 is 20.7 Å². The van der Waals surface area contributed by atoms with Crippen molar-refractivity contribution in [2.45, 2.75) is 12.5 Å². The molecule has 0 aromatic heterocycles. The number of benzene rings is 3. The number of rotatable bonds is 10. The van der Waals surface area contributed by atoms with Gasteiger partial charge in [-0.3, -0.25) is 14.4 Å². The highest BCUT2D eigenvalue weighted by atomic mass is 16.5. The summed E-state index contributed by atoms with van der Waals surface area (Å²) in [5, 5.41) is 2.67. The van der Waals surface area contributed by atoms with Crippen LogP contribution in [0.1, 0.15) is 28.4 Å². The fourth-order valence-electron chi connectivity index (χ4n) is 3.25. The molecule has 0 fully saturated rings. The first-order valence-electron chi connectivity index (χ1n) is 10.7. The summed E-state index contributed by atoms with van der Waals surface area (Å²) >= 11 is 0. The van der Waals surface area contributed by atoms with Gasteiger partial charge in [-0.05, 0) is 29.8 Å². The number of carbonyl (C=O) groups excluding carboxylic acids is 4. The Morgan fingerprint density at radius 2 is 1.38 bits per heavy atom. The third-order valence-corrected chi connectivity index (χ3v) is 4.97. The molecule has 1 unspecified atom stereocenters. The number of hydrogen-bond acceptors (Lipinski definition) is 5. The molecule has 0 saturated carbocycles. The smallest absolute Gasteiger partial charge is 0.333 e. The summed E-state index contributed by atoms with van der Waals surface area (Å²) in [4.78, 5) is 51.1. The lowest BCUT2D eigenvalue weighted by molar-refractivity contribution is -0.150. The van der Waals surface area contributed by atoms with E-state index in [1.165, 1.54) is 4.90 Å². The van der Waals surface area contributed by atoms with Crippen LogP contribution in [0, 0.1) is 0 Å². The van der Waals surface area contributed by atoms with E-state index in [1.807, 2.05) is 0 Å². The van der Waals surface area contributed by atoms with Crippen molar-refractivity contribution in [3.05, 3.63) is 102 Å². The Labute approximate surface area is 197 Å². The average molecular weight is 460 g/mol. The minimum absolute atomic E-state index is 0.0442. The SMILES string of the molecule is NC(=O)CCN(C(=O)COC(=O)C(NC(=O)c1ccccc1)c1ccccc1)c1ccccc1. The summed E-state index contributed by atoms with van der Waals surface area (Å²) in [6.45, 7) is -0.528. The van der Waals surface area contributed by atoms with Gasteiger partial charge >= 0.3 is 5.97 Å². The molecule has 34 heavy (non-hydrogen) atoms. The zero-order valence-electron chi connectivity index (χ0n) is 18.4. The maximum atomic E-state index is 13.0. The van der Waals surface area contributed by atoms with Gasteiger partial charge in [0.05, 0.1) is 0 Å². The Kier molecular flexibility index (Phi) is 8.51. The van der Waals surface area contributed by atoms with E-state index < -0.39 is 36.3 Å². The largest absolute Gasteiger partial charge is 0.454 e. The fraction of sp³-hybridized carbons (Fsp3) is 0.154. The van der Waals surface area contributed by atoms with Crippen molar-refractivity contribution < 1.29 is 23.9 Å². The molecule has 0 aliphatic rings. The quantitative estimate of drug-likeness (QED) is 0.452. The normalized spacial score (nSPS) is 11.2. The van der Waals surface area contributed by atoms with Crippen LogP contribution in [0.15, 0.2) is 91.0 Å². The number of nitrogens with zero attached hydrogens (tertiary/aromatic N) is 1. The van der Waals surface area contributed by atoms with Crippen molar-refractivity contribution in [2.75, 3.05) is 18.1 Å². The van der Waals surface area contributed by atoms with E-state index in [1.54, 1.807) is 91.0 Å². The average Bonchev–Trinajstić information content (AvgIpc) is 2.87. The van der Waals surface area contributed by atoms with Gasteiger partial charge in [0.1, 0.15) is 0 Å². The number of primary amides is 1. The summed E-state index contributed by atoms with van der Waals surface area (Å²) in [6.07, 6.45) is -0.0473. The molecule has 1 atom stereocenters. The number of nitrogens with two attached hydrogens (primary N) is 1. The molecule has 0 heterocycles. The van der Waals surface area contributed by atoms with Gasteiger partial charge in [0.15, 0.2) is 12.6 Å². The lowest BCUT2D eigenvalue weighted by atomic mass is 10.1. The Bertz CT molecular complexity index is 1120. The van der Waals surface area contributed by atoms with Gasteiger partial charge in [-0.25, -0.2) is 4.79 Å². The number of para-hydroxylation sites is 1. The van der Waals surface area contributed by atoms with Crippen LogP contribution < -0.4 is 16.0 Å². The second-order valence-electron chi connectivity index (χ2n) is 7.39. The first-order chi connectivity index (χ1) is 16.5. The van der Waals surface area contributed by atoms with Crippen molar-refractivity contribution in [3.63, 3.8) is 0 Å². The first-order valence-corrected chi connectivity index (χ1v) is 10.7. The maximum Gasteiger partial charge on any atom is 0.333 e. The van der Waals surface area contributed by atoms with Crippen LogP contribution in [0.3, 0.4) is 0 Å². The van der Waals surface area contributed by atoms with Crippen LogP contribution >= 0.6 is 0 Å². The lowest BCUT2D eigenvalue weighted by Gasteiger charge is -2.23. The summed E-state index contributed by atoms with van der Waals surface area (Å²) in [7, 11) is 0. The zero-order chi connectivity index (χ0) is 24.3. The molecular weight excluding hydrogens is 434 g/mol. The second kappa shape index (κ2) is 12.0. The van der Waals surface area contributed by atoms with Gasteiger partial charge in [-0.2, -0.15) is 0 Å². The van der Waals surface area contributed by atoms with Crippen molar-refractivity contribution in [1.29, 1.82) is 0 Å². The van der Waals surface area contributed by atoms with Gasteiger partial charge in [0.25, 0.3) is 11.8 Å². The number of ether oxygens (including phenoxy) is 1. The molecule has 8 nitrogen and oxygen atoms in total. The summed E-state index contributed by atoms with van der Waals surface area (Å²) in [6, 6.07) is 24.7. The molecule has 174 valence electrons. The summed E-state index contributed by atoms with van der Waals surface area (Å²) < 4.78 is 5.31. The minimum Gasteiger partial charge on any atom is -0.454 e. The number of amides is 3. The number of esters is 1. The third kappa shape index (κ3) is 6.77.